The standard InChI is InChI=1S/C18H28BN3O4.C18H24BNO5S.C17H29N3O3.C11H20BNO3.C9H16BNO3/c1-2-4-13(15(23)17(25)20-11-7-8-11)21-16(24)14-12-6-3-5-10(12)9-22(14)18(19)26;1-3-23-17(21)16-13-9-10-15(14(13)11-20(16)19(2)22)25-18(26)24-12-7-5-4-6-8-12;1-2-4-13(15(21)17(23)19-11-7-8-11)20-16(22)14-12-6-3-5-10(12)9-18-14;1-3-16-11(14)10-9-6-4-5-8(9)7-13(10)12(2)15;1-10(14)11-5-6-3-2-4-7(6)8(11)9(12)13/h10-15,23H,2-9H2,1H3,(H,20,25)(H,21,24);4-8,13-16,22H,3,9-11H2,1-2H3;10-15,18,21H,2-9H2,1H3,(H,19,23)(H,20,22);8-10,15H,3-7H2,1-2H3;6-8,14H,2-5H2,1H3,(H,12,13)/t10-,12-,13?,14-,15?;13-,14-,15?,16-;10-,12-,13?,14-,15?;8-,9-,10-;6-,7-,8-/m00000/s1. The van der Waals surface area contributed by atoms with Crippen LogP contribution in [0.4, 0.5) is 4.79 Å². The van der Waals surface area contributed by atoms with E-state index < -0.39 is 81.3 Å². The maximum atomic E-state index is 12.9. The van der Waals surface area contributed by atoms with E-state index in [2.05, 4.69) is 26.6 Å². The second-order valence-electron chi connectivity index (χ2n) is 31.4. The highest BCUT2D eigenvalue weighted by molar-refractivity contribution is 7.79. The number of nitrogens with one attached hydrogen (secondary N) is 5. The Labute approximate surface area is 627 Å². The third-order valence-corrected chi connectivity index (χ3v) is 24.4. The lowest BCUT2D eigenvalue weighted by molar-refractivity contribution is -0.149. The molecule has 32 heteroatoms. The van der Waals surface area contributed by atoms with Gasteiger partial charge in [0.25, 0.3) is 11.8 Å². The van der Waals surface area contributed by atoms with Crippen molar-refractivity contribution in [3.05, 3.63) is 30.3 Å². The molecule has 11 N–H and O–H groups in total. The van der Waals surface area contributed by atoms with Crippen molar-refractivity contribution in [3.8, 4) is 5.75 Å². The molecule has 12 aliphatic rings. The summed E-state index contributed by atoms with van der Waals surface area (Å²) in [6.45, 7) is 16.9. The third kappa shape index (κ3) is 21.5. The normalized spacial score (nSPS) is 31.4. The fraction of sp³-hybridized carbons (Fsp3) is 0.795. The molecule has 1 aromatic rings. The van der Waals surface area contributed by atoms with E-state index in [-0.39, 0.29) is 88.8 Å². The van der Waals surface area contributed by atoms with Gasteiger partial charge in [-0.15, -0.1) is 0 Å². The molecular weight excluding hydrogens is 1370 g/mol. The summed E-state index contributed by atoms with van der Waals surface area (Å²) in [5.74, 6) is 1.05. The van der Waals surface area contributed by atoms with Crippen molar-refractivity contribution < 1.29 is 87.7 Å². The third-order valence-electron chi connectivity index (χ3n) is 24.3. The van der Waals surface area contributed by atoms with Crippen molar-refractivity contribution in [1.82, 2.24) is 45.9 Å². The van der Waals surface area contributed by atoms with Crippen LogP contribution in [-0.2, 0) is 47.8 Å². The molecule has 1 aromatic carbocycles. The summed E-state index contributed by atoms with van der Waals surface area (Å²) in [6.07, 6.45) is 18.7. The molecule has 0 aromatic heterocycles. The number of para-hydroxylation sites is 1. The number of ether oxygens (including phenoxy) is 4. The highest BCUT2D eigenvalue weighted by Crippen LogP contribution is 2.47. The highest BCUT2D eigenvalue weighted by Gasteiger charge is 2.56. The summed E-state index contributed by atoms with van der Waals surface area (Å²) in [4.78, 5) is 104. The van der Waals surface area contributed by atoms with E-state index >= 15 is 0 Å². The number of carbonyl (C=O) groups excluding carboxylic acids is 7. The molecule has 2 radical (unpaired) electrons. The van der Waals surface area contributed by atoms with Crippen LogP contribution < -0.4 is 31.3 Å². The topological polar surface area (TPSA) is 368 Å². The Kier molecular flexibility index (Phi) is 31.3. The van der Waals surface area contributed by atoms with E-state index in [0.29, 0.717) is 80.4 Å². The van der Waals surface area contributed by atoms with E-state index in [0.717, 1.165) is 122 Å². The van der Waals surface area contributed by atoms with E-state index in [1.165, 1.54) is 30.6 Å². The maximum absolute atomic E-state index is 12.9. The number of hydrogen-bond acceptors (Lipinski definition) is 22. The number of benzene rings is 1. The van der Waals surface area contributed by atoms with Gasteiger partial charge >= 0.3 is 44.3 Å². The summed E-state index contributed by atoms with van der Waals surface area (Å²) in [5, 5.41) is 73.9. The molecule has 20 atom stereocenters. The lowest BCUT2D eigenvalue weighted by Crippen LogP contribution is -2.56. The summed E-state index contributed by atoms with van der Waals surface area (Å²) in [6, 6.07) is 6.58. The predicted molar refractivity (Wildman–Crippen MR) is 399 cm³/mol. The summed E-state index contributed by atoms with van der Waals surface area (Å²) >= 11 is 5.24. The number of hydrogen-bond donors (Lipinski definition) is 11. The molecule has 5 amide bonds. The summed E-state index contributed by atoms with van der Waals surface area (Å²) in [5.41, 5.74) is 0. The van der Waals surface area contributed by atoms with E-state index in [1.807, 2.05) is 55.9 Å². The van der Waals surface area contributed by atoms with Crippen LogP contribution in [0.2, 0.25) is 20.5 Å². The number of likely N-dealkylation sites (tertiary alicyclic amines) is 1. The molecule has 7 saturated carbocycles. The number of aliphatic carboxylic acids is 1. The Balaban J connectivity index is 0.000000155. The number of fused-ring (bicyclic) bond motifs is 5. The van der Waals surface area contributed by atoms with Crippen LogP contribution in [-0.4, -0.2) is 250 Å². The van der Waals surface area contributed by atoms with Crippen molar-refractivity contribution in [1.29, 1.82) is 0 Å². The SMILES string of the molecule is CB(O)N1C[C@@H]2CCC[C@@H]2[C@H]1C(=O)O.CCCC(NC(=O)[C@H]1NC[C@@H]2CCC[C@@H]21)C(O)C(=O)NC1CC1.CCOC(=O)[C@@H]1[C@H]2CCC(OC(=S)Oc3ccccc3)[C@H]2CN1B(C)O.CCOC(=O)[C@@H]1[C@H]2CCC[C@H]2CN1B(C)O.[B]C(=O)N1C[C@@H]2CCC[C@@H]2[C@H]1C(=O)NC(CCC)C(O)C(=O)NC1CC1. The Morgan fingerprint density at radius 2 is 1.00 bits per heavy atom. The lowest BCUT2D eigenvalue weighted by atomic mass is 9.83. The number of rotatable bonds is 24. The van der Waals surface area contributed by atoms with Crippen LogP contribution in [0.3, 0.4) is 0 Å². The Morgan fingerprint density at radius 3 is 1.48 bits per heavy atom. The first-order chi connectivity index (χ1) is 50.3. The molecule has 13 rings (SSSR count). The van der Waals surface area contributed by atoms with Crippen molar-refractivity contribution in [3.63, 3.8) is 0 Å². The number of carbonyl (C=O) groups is 8. The molecule has 5 heterocycles. The van der Waals surface area contributed by atoms with Crippen LogP contribution in [0, 0.1) is 59.2 Å². The average molecular weight is 1480 g/mol. The molecule has 0 spiro atoms. The maximum Gasteiger partial charge on any atom is 0.377 e. The molecular formula is C73H117B4N9O18S. The van der Waals surface area contributed by atoms with Gasteiger partial charge in [0.05, 0.1) is 31.3 Å². The lowest BCUT2D eigenvalue weighted by Gasteiger charge is -2.30. The van der Waals surface area contributed by atoms with Gasteiger partial charge in [0.1, 0.15) is 36.0 Å². The van der Waals surface area contributed by atoms with Gasteiger partial charge in [0.15, 0.2) is 18.0 Å². The van der Waals surface area contributed by atoms with Crippen molar-refractivity contribution in [2.75, 3.05) is 45.9 Å². The number of esters is 2. The number of aliphatic hydroxyl groups excluding tert-OH is 2. The first kappa shape index (κ1) is 83.6. The molecule has 5 saturated heterocycles. The average Bonchev–Trinajstić information content (AvgIpc) is 1.63. The minimum Gasteiger partial charge on any atom is -0.480 e. The number of amides is 5. The van der Waals surface area contributed by atoms with Gasteiger partial charge in [-0.25, -0.2) is 0 Å². The predicted octanol–water partition coefficient (Wildman–Crippen LogP) is 3.76. The summed E-state index contributed by atoms with van der Waals surface area (Å²) < 4.78 is 21.8. The molecule has 5 aliphatic heterocycles. The Hall–Kier alpha value is -5.43. The summed E-state index contributed by atoms with van der Waals surface area (Å²) in [7, 11) is 3.57. The highest BCUT2D eigenvalue weighted by atomic mass is 32.1. The van der Waals surface area contributed by atoms with Gasteiger partial charge in [-0.3, -0.25) is 38.4 Å². The van der Waals surface area contributed by atoms with Crippen LogP contribution in [0.5, 0.6) is 5.75 Å². The monoisotopic (exact) mass is 1480 g/mol. The number of nitrogens with zero attached hydrogens (tertiary/aromatic N) is 4. The van der Waals surface area contributed by atoms with E-state index in [4.69, 9.17) is 44.1 Å². The number of thiocarbonyl (C=S) groups is 1. The molecule has 7 aliphatic carbocycles. The second kappa shape index (κ2) is 39.3. The molecule has 0 bridgehead atoms. The fourth-order valence-electron chi connectivity index (χ4n) is 18.9. The van der Waals surface area contributed by atoms with Gasteiger partial charge < -0.3 is 95.3 Å². The van der Waals surface area contributed by atoms with E-state index in [9.17, 15) is 63.6 Å². The van der Waals surface area contributed by atoms with Crippen LogP contribution in [0.15, 0.2) is 30.3 Å². The molecule has 580 valence electrons. The number of carboxylic acid groups (broad SMARTS) is 1. The first-order valence-corrected chi connectivity index (χ1v) is 39.9. The van der Waals surface area contributed by atoms with Crippen LogP contribution in [0.1, 0.15) is 169 Å². The molecule has 27 nitrogen and oxygen atoms in total. The zero-order valence-electron chi connectivity index (χ0n) is 62.7. The molecule has 105 heavy (non-hydrogen) atoms. The van der Waals surface area contributed by atoms with E-state index in [1.54, 1.807) is 37.0 Å². The minimum atomic E-state index is -1.29. The molecule has 12 fully saturated rings. The minimum absolute atomic E-state index is 0.0591. The largest absolute Gasteiger partial charge is 0.480 e. The fourth-order valence-corrected chi connectivity index (χ4v) is 19.2. The second-order valence-corrected chi connectivity index (χ2v) is 31.7. The van der Waals surface area contributed by atoms with Gasteiger partial charge in [0, 0.05) is 36.8 Å². The van der Waals surface area contributed by atoms with Gasteiger partial charge in [-0.1, -0.05) is 70.6 Å². The van der Waals surface area contributed by atoms with Crippen molar-refractivity contribution >= 4 is 93.8 Å². The van der Waals surface area contributed by atoms with Crippen molar-refractivity contribution in [2.24, 2.45) is 59.2 Å². The molecule has 5 unspecified atom stereocenters. The smallest absolute Gasteiger partial charge is 0.377 e. The zero-order chi connectivity index (χ0) is 75.9. The van der Waals surface area contributed by atoms with Crippen molar-refractivity contribution in [2.45, 2.75) is 262 Å². The van der Waals surface area contributed by atoms with Gasteiger partial charge in [-0.05, 0) is 229 Å². The number of carboxylic acids is 1. The zero-order valence-corrected chi connectivity index (χ0v) is 63.5. The number of aliphatic hydroxyl groups is 2. The van der Waals surface area contributed by atoms with Gasteiger partial charge in [0.2, 0.25) is 19.7 Å². The quantitative estimate of drug-likeness (QED) is 0.0399. The Morgan fingerprint density at radius 1 is 0.552 bits per heavy atom. The Bertz CT molecular complexity index is 3080. The van der Waals surface area contributed by atoms with Gasteiger partial charge in [-0.2, -0.15) is 0 Å². The van der Waals surface area contributed by atoms with Crippen LogP contribution >= 0.6 is 12.2 Å². The van der Waals surface area contributed by atoms with Crippen LogP contribution in [0.25, 0.3) is 0 Å². The first-order valence-electron chi connectivity index (χ1n) is 39.5.